The summed E-state index contributed by atoms with van der Waals surface area (Å²) in [6.45, 7) is 4.28. The first-order valence-corrected chi connectivity index (χ1v) is 9.89. The molecular formula is C21H28N2O3. The molecule has 1 N–H and O–H groups in total. The maximum Gasteiger partial charge on any atom is 0.267 e. The minimum atomic E-state index is -0.513. The lowest BCUT2D eigenvalue weighted by molar-refractivity contribution is -0.125. The molecule has 2 fully saturated rings. The van der Waals surface area contributed by atoms with E-state index in [4.69, 9.17) is 4.74 Å². The van der Waals surface area contributed by atoms with Gasteiger partial charge >= 0.3 is 0 Å². The van der Waals surface area contributed by atoms with Crippen molar-refractivity contribution in [2.75, 3.05) is 11.4 Å². The van der Waals surface area contributed by atoms with Crippen LogP contribution in [0, 0.1) is 17.8 Å². The smallest absolute Gasteiger partial charge is 0.267 e. The van der Waals surface area contributed by atoms with Gasteiger partial charge in [-0.25, -0.2) is 0 Å². The van der Waals surface area contributed by atoms with Crippen LogP contribution in [0.4, 0.5) is 5.69 Å². The Bertz CT molecular complexity index is 704. The van der Waals surface area contributed by atoms with Crippen LogP contribution in [0.15, 0.2) is 24.3 Å². The highest BCUT2D eigenvalue weighted by molar-refractivity contribution is 6.00. The molecule has 2 bridgehead atoms. The Kier molecular flexibility index (Phi) is 4.63. The van der Waals surface area contributed by atoms with E-state index in [-0.39, 0.29) is 17.9 Å². The fraction of sp³-hybridized carbons (Fsp3) is 0.619. The number of hydrogen-bond donors (Lipinski definition) is 1. The topological polar surface area (TPSA) is 58.6 Å². The Hall–Kier alpha value is -2.04. The minimum Gasteiger partial charge on any atom is -0.479 e. The predicted octanol–water partition coefficient (Wildman–Crippen LogP) is 3.13. The monoisotopic (exact) mass is 356 g/mol. The molecule has 2 aliphatic carbocycles. The number of benzene rings is 1. The lowest BCUT2D eigenvalue weighted by Crippen LogP contribution is -2.46. The van der Waals surface area contributed by atoms with Crippen LogP contribution in [0.2, 0.25) is 0 Å². The van der Waals surface area contributed by atoms with Crippen LogP contribution in [0.3, 0.4) is 0 Å². The van der Waals surface area contributed by atoms with Crippen molar-refractivity contribution in [2.24, 2.45) is 17.8 Å². The average Bonchev–Trinajstić information content (AvgIpc) is 3.25. The molecule has 4 rings (SSSR count). The largest absolute Gasteiger partial charge is 0.479 e. The molecule has 1 aromatic carbocycles. The van der Waals surface area contributed by atoms with Crippen LogP contribution in [0.1, 0.15) is 46.0 Å². The van der Waals surface area contributed by atoms with E-state index < -0.39 is 6.10 Å². The lowest BCUT2D eigenvalue weighted by atomic mass is 9.84. The van der Waals surface area contributed by atoms with Crippen LogP contribution >= 0.6 is 0 Å². The first-order chi connectivity index (χ1) is 12.5. The fourth-order valence-corrected chi connectivity index (χ4v) is 5.14. The normalized spacial score (nSPS) is 30.7. The van der Waals surface area contributed by atoms with Crippen molar-refractivity contribution >= 4 is 17.5 Å². The fourth-order valence-electron chi connectivity index (χ4n) is 5.14. The molecule has 1 heterocycles. The molecule has 3 aliphatic rings. The van der Waals surface area contributed by atoms with E-state index in [1.54, 1.807) is 11.8 Å². The SMILES string of the molecule is CC1Oc2ccccc2N(CCC(=O)NC(C)C2CC3CCC2C3)C1=O. The van der Waals surface area contributed by atoms with Gasteiger partial charge in [0.2, 0.25) is 5.91 Å². The summed E-state index contributed by atoms with van der Waals surface area (Å²) in [5.74, 6) is 2.96. The first-order valence-electron chi connectivity index (χ1n) is 9.89. The molecule has 1 aromatic rings. The molecule has 2 saturated carbocycles. The Labute approximate surface area is 155 Å². The van der Waals surface area contributed by atoms with Gasteiger partial charge in [0.15, 0.2) is 6.10 Å². The van der Waals surface area contributed by atoms with Crippen LogP contribution in [-0.2, 0) is 9.59 Å². The molecule has 1 aliphatic heterocycles. The second-order valence-corrected chi connectivity index (χ2v) is 8.16. The van der Waals surface area contributed by atoms with E-state index in [1.165, 1.54) is 25.7 Å². The number of para-hydroxylation sites is 2. The molecule has 5 unspecified atom stereocenters. The quantitative estimate of drug-likeness (QED) is 0.882. The zero-order chi connectivity index (χ0) is 18.3. The zero-order valence-corrected chi connectivity index (χ0v) is 15.6. The Morgan fingerprint density at radius 1 is 1.31 bits per heavy atom. The van der Waals surface area contributed by atoms with Crippen molar-refractivity contribution in [1.82, 2.24) is 5.32 Å². The summed E-state index contributed by atoms with van der Waals surface area (Å²) in [5.41, 5.74) is 0.754. The van der Waals surface area contributed by atoms with Gasteiger partial charge in [0.1, 0.15) is 5.75 Å². The Morgan fingerprint density at radius 3 is 2.85 bits per heavy atom. The van der Waals surface area contributed by atoms with Gasteiger partial charge in [-0.05, 0) is 63.0 Å². The van der Waals surface area contributed by atoms with Gasteiger partial charge in [0, 0.05) is 19.0 Å². The molecule has 0 saturated heterocycles. The van der Waals surface area contributed by atoms with E-state index in [1.807, 2.05) is 24.3 Å². The molecule has 5 heteroatoms. The second-order valence-electron chi connectivity index (χ2n) is 8.16. The number of anilines is 1. The molecule has 26 heavy (non-hydrogen) atoms. The summed E-state index contributed by atoms with van der Waals surface area (Å²) in [6, 6.07) is 7.74. The highest BCUT2D eigenvalue weighted by Gasteiger charge is 2.42. The van der Waals surface area contributed by atoms with Crippen molar-refractivity contribution < 1.29 is 14.3 Å². The molecule has 5 nitrogen and oxygen atoms in total. The molecule has 0 aromatic heterocycles. The Morgan fingerprint density at radius 2 is 2.12 bits per heavy atom. The summed E-state index contributed by atoms with van der Waals surface area (Å²) < 4.78 is 5.65. The van der Waals surface area contributed by atoms with E-state index in [2.05, 4.69) is 12.2 Å². The molecule has 0 spiro atoms. The van der Waals surface area contributed by atoms with Crippen LogP contribution in [0.25, 0.3) is 0 Å². The summed E-state index contributed by atoms with van der Waals surface area (Å²) in [6.07, 6.45) is 5.12. The van der Waals surface area contributed by atoms with Gasteiger partial charge in [0.25, 0.3) is 5.91 Å². The molecule has 140 valence electrons. The number of rotatable bonds is 5. The number of ether oxygens (including phenoxy) is 1. The zero-order valence-electron chi connectivity index (χ0n) is 15.6. The third kappa shape index (κ3) is 3.19. The van der Waals surface area contributed by atoms with Crippen molar-refractivity contribution in [3.8, 4) is 5.75 Å². The summed E-state index contributed by atoms with van der Waals surface area (Å²) >= 11 is 0. The number of amides is 2. The van der Waals surface area contributed by atoms with Gasteiger partial charge in [-0.1, -0.05) is 18.6 Å². The van der Waals surface area contributed by atoms with E-state index in [0.717, 1.165) is 17.5 Å². The van der Waals surface area contributed by atoms with Gasteiger partial charge in [-0.3, -0.25) is 9.59 Å². The third-order valence-electron chi connectivity index (χ3n) is 6.46. The summed E-state index contributed by atoms with van der Waals surface area (Å²) in [5, 5.41) is 3.19. The van der Waals surface area contributed by atoms with Gasteiger partial charge < -0.3 is 15.0 Å². The third-order valence-corrected chi connectivity index (χ3v) is 6.46. The Balaban J connectivity index is 1.34. The highest BCUT2D eigenvalue weighted by atomic mass is 16.5. The number of carbonyl (C=O) groups excluding carboxylic acids is 2. The molecular weight excluding hydrogens is 328 g/mol. The maximum absolute atomic E-state index is 12.5. The maximum atomic E-state index is 12.5. The minimum absolute atomic E-state index is 0.0321. The van der Waals surface area contributed by atoms with Crippen LogP contribution in [0.5, 0.6) is 5.75 Å². The lowest BCUT2D eigenvalue weighted by Gasteiger charge is -2.33. The van der Waals surface area contributed by atoms with Crippen molar-refractivity contribution in [3.05, 3.63) is 24.3 Å². The van der Waals surface area contributed by atoms with Crippen LogP contribution < -0.4 is 15.0 Å². The number of nitrogens with one attached hydrogen (secondary N) is 1. The first kappa shape index (κ1) is 17.4. The van der Waals surface area contributed by atoms with Crippen molar-refractivity contribution in [2.45, 2.75) is 58.1 Å². The molecule has 5 atom stereocenters. The van der Waals surface area contributed by atoms with E-state index in [9.17, 15) is 9.59 Å². The second kappa shape index (κ2) is 6.93. The van der Waals surface area contributed by atoms with Crippen molar-refractivity contribution in [3.63, 3.8) is 0 Å². The van der Waals surface area contributed by atoms with Crippen LogP contribution in [-0.4, -0.2) is 30.5 Å². The average molecular weight is 356 g/mol. The standard InChI is InChI=1S/C21H28N2O3/c1-13(17-12-15-7-8-16(17)11-15)22-20(24)9-10-23-18-5-3-4-6-19(18)26-14(2)21(23)25/h3-6,13-17H,7-12H2,1-2H3,(H,22,24). The van der Waals surface area contributed by atoms with E-state index in [0.29, 0.717) is 24.6 Å². The highest BCUT2D eigenvalue weighted by Crippen LogP contribution is 2.49. The predicted molar refractivity (Wildman–Crippen MR) is 100 cm³/mol. The number of hydrogen-bond acceptors (Lipinski definition) is 3. The summed E-state index contributed by atoms with van der Waals surface area (Å²) in [4.78, 5) is 26.7. The number of fused-ring (bicyclic) bond motifs is 3. The van der Waals surface area contributed by atoms with Gasteiger partial charge in [0.05, 0.1) is 5.69 Å². The van der Waals surface area contributed by atoms with Crippen molar-refractivity contribution in [1.29, 1.82) is 0 Å². The molecule has 2 amide bonds. The van der Waals surface area contributed by atoms with E-state index >= 15 is 0 Å². The molecule has 0 radical (unpaired) electrons. The number of carbonyl (C=O) groups is 2. The van der Waals surface area contributed by atoms with Gasteiger partial charge in [-0.15, -0.1) is 0 Å². The van der Waals surface area contributed by atoms with Gasteiger partial charge in [-0.2, -0.15) is 0 Å². The number of nitrogens with zero attached hydrogens (tertiary/aromatic N) is 1. The summed E-state index contributed by atoms with van der Waals surface area (Å²) in [7, 11) is 0.